The van der Waals surface area contributed by atoms with E-state index in [0.29, 0.717) is 0 Å². The summed E-state index contributed by atoms with van der Waals surface area (Å²) in [5.74, 6) is 0.644. The zero-order valence-corrected chi connectivity index (χ0v) is 16.9. The van der Waals surface area contributed by atoms with Gasteiger partial charge in [0, 0.05) is 0 Å². The number of carbonyl (C=O) groups excluding carboxylic acids is 1. The molecule has 0 heterocycles. The van der Waals surface area contributed by atoms with Gasteiger partial charge in [-0.15, -0.1) is 0 Å². The lowest BCUT2D eigenvalue weighted by Gasteiger charge is -2.21. The van der Waals surface area contributed by atoms with E-state index in [2.05, 4.69) is 42.6 Å². The second-order valence-electron chi connectivity index (χ2n) is 7.75. The summed E-state index contributed by atoms with van der Waals surface area (Å²) in [7, 11) is 0. The van der Waals surface area contributed by atoms with E-state index < -0.39 is 0 Å². The molecule has 29 heavy (non-hydrogen) atoms. The van der Waals surface area contributed by atoms with E-state index in [1.165, 1.54) is 29.5 Å². The first kappa shape index (κ1) is 19.3. The number of amides is 1. The Bertz CT molecular complexity index is 981. The molecule has 0 saturated carbocycles. The normalized spacial score (nSPS) is 14.0. The molecule has 1 aliphatic carbocycles. The number of rotatable bonds is 6. The van der Waals surface area contributed by atoms with E-state index in [4.69, 9.17) is 4.74 Å². The van der Waals surface area contributed by atoms with Gasteiger partial charge in [-0.25, -0.2) is 0 Å². The monoisotopic (exact) mass is 385 g/mol. The third-order valence-corrected chi connectivity index (χ3v) is 5.50. The van der Waals surface area contributed by atoms with Crippen LogP contribution in [0.2, 0.25) is 0 Å². The smallest absolute Gasteiger partial charge is 0.258 e. The summed E-state index contributed by atoms with van der Waals surface area (Å²) in [5.41, 5.74) is 6.06. The highest BCUT2D eigenvalue weighted by Crippen LogP contribution is 2.26. The Labute approximate surface area is 172 Å². The van der Waals surface area contributed by atoms with Crippen molar-refractivity contribution in [2.24, 2.45) is 0 Å². The van der Waals surface area contributed by atoms with E-state index >= 15 is 0 Å². The molecule has 0 aromatic heterocycles. The molecule has 148 valence electrons. The zero-order chi connectivity index (χ0) is 20.1. The summed E-state index contributed by atoms with van der Waals surface area (Å²) in [4.78, 5) is 12.7. The van der Waals surface area contributed by atoms with Gasteiger partial charge in [-0.3, -0.25) is 4.79 Å². The van der Waals surface area contributed by atoms with Crippen LogP contribution in [0.25, 0.3) is 0 Å². The summed E-state index contributed by atoms with van der Waals surface area (Å²) in [6.07, 6.45) is 4.73. The van der Waals surface area contributed by atoms with Gasteiger partial charge in [0.1, 0.15) is 5.75 Å². The third-order valence-electron chi connectivity index (χ3n) is 5.50. The molecule has 1 N–H and O–H groups in total. The lowest BCUT2D eigenvalue weighted by atomic mass is 9.92. The molecule has 0 aliphatic heterocycles. The molecule has 0 radical (unpaired) electrons. The average Bonchev–Trinajstić information content (AvgIpc) is 2.76. The van der Waals surface area contributed by atoms with Crippen molar-refractivity contribution in [1.82, 2.24) is 5.32 Å². The molecule has 3 heteroatoms. The predicted octanol–water partition coefficient (Wildman–Crippen LogP) is 5.16. The number of aryl methyl sites for hydroxylation is 3. The SMILES string of the molecule is Cc1cccc([C@@H](NC(=O)COc2ccc3c(c2)CCCC3)c2ccccc2)c1. The van der Waals surface area contributed by atoms with Gasteiger partial charge in [-0.2, -0.15) is 0 Å². The van der Waals surface area contributed by atoms with Crippen LogP contribution in [0.5, 0.6) is 5.75 Å². The maximum atomic E-state index is 12.7. The van der Waals surface area contributed by atoms with Crippen molar-refractivity contribution in [2.45, 2.75) is 38.6 Å². The molecule has 0 fully saturated rings. The number of benzene rings is 3. The van der Waals surface area contributed by atoms with Crippen molar-refractivity contribution >= 4 is 5.91 Å². The van der Waals surface area contributed by atoms with Gasteiger partial charge in [-0.1, -0.05) is 66.2 Å². The Morgan fingerprint density at radius 3 is 2.45 bits per heavy atom. The molecule has 1 amide bonds. The summed E-state index contributed by atoms with van der Waals surface area (Å²) in [6.45, 7) is 2.07. The Kier molecular flexibility index (Phi) is 5.95. The topological polar surface area (TPSA) is 38.3 Å². The second-order valence-corrected chi connectivity index (χ2v) is 7.75. The quantitative estimate of drug-likeness (QED) is 0.637. The molecule has 3 aromatic rings. The fraction of sp³-hybridized carbons (Fsp3) is 0.269. The van der Waals surface area contributed by atoms with Crippen LogP contribution in [-0.4, -0.2) is 12.5 Å². The van der Waals surface area contributed by atoms with Crippen molar-refractivity contribution in [3.8, 4) is 5.75 Å². The summed E-state index contributed by atoms with van der Waals surface area (Å²) in [6, 6.07) is 24.3. The van der Waals surface area contributed by atoms with Gasteiger partial charge < -0.3 is 10.1 Å². The summed E-state index contributed by atoms with van der Waals surface area (Å²) >= 11 is 0. The minimum atomic E-state index is -0.198. The molecule has 0 saturated heterocycles. The van der Waals surface area contributed by atoms with Crippen LogP contribution in [0, 0.1) is 6.92 Å². The van der Waals surface area contributed by atoms with Gasteiger partial charge in [0.25, 0.3) is 5.91 Å². The molecule has 3 aromatic carbocycles. The third kappa shape index (κ3) is 4.86. The molecule has 1 atom stereocenters. The maximum absolute atomic E-state index is 12.7. The fourth-order valence-corrected chi connectivity index (χ4v) is 4.01. The first-order chi connectivity index (χ1) is 14.2. The van der Waals surface area contributed by atoms with Crippen molar-refractivity contribution in [2.75, 3.05) is 6.61 Å². The molecule has 0 bridgehead atoms. The van der Waals surface area contributed by atoms with E-state index in [1.54, 1.807) is 0 Å². The molecule has 3 nitrogen and oxygen atoms in total. The number of carbonyl (C=O) groups is 1. The first-order valence-corrected chi connectivity index (χ1v) is 10.3. The van der Waals surface area contributed by atoms with Crippen molar-refractivity contribution in [3.63, 3.8) is 0 Å². The molecule has 0 unspecified atom stereocenters. The summed E-state index contributed by atoms with van der Waals surface area (Å²) in [5, 5.41) is 3.15. The van der Waals surface area contributed by atoms with Crippen molar-refractivity contribution < 1.29 is 9.53 Å². The van der Waals surface area contributed by atoms with Crippen LogP contribution >= 0.6 is 0 Å². The highest BCUT2D eigenvalue weighted by Gasteiger charge is 2.17. The van der Waals surface area contributed by atoms with Crippen LogP contribution in [0.4, 0.5) is 0 Å². The lowest BCUT2D eigenvalue weighted by molar-refractivity contribution is -0.123. The average molecular weight is 386 g/mol. The predicted molar refractivity (Wildman–Crippen MR) is 116 cm³/mol. The van der Waals surface area contributed by atoms with Crippen molar-refractivity contribution in [3.05, 3.63) is 101 Å². The van der Waals surface area contributed by atoms with Gasteiger partial charge in [0.15, 0.2) is 6.61 Å². The first-order valence-electron chi connectivity index (χ1n) is 10.3. The van der Waals surface area contributed by atoms with Gasteiger partial charge in [0.05, 0.1) is 6.04 Å². The van der Waals surface area contributed by atoms with Crippen molar-refractivity contribution in [1.29, 1.82) is 0 Å². The van der Waals surface area contributed by atoms with E-state index in [0.717, 1.165) is 29.7 Å². The van der Waals surface area contributed by atoms with Crippen LogP contribution < -0.4 is 10.1 Å². The van der Waals surface area contributed by atoms with E-state index in [1.807, 2.05) is 42.5 Å². The molecule has 1 aliphatic rings. The fourth-order valence-electron chi connectivity index (χ4n) is 4.01. The van der Waals surface area contributed by atoms with E-state index in [-0.39, 0.29) is 18.6 Å². The minimum absolute atomic E-state index is 0.00787. The Balaban J connectivity index is 1.45. The van der Waals surface area contributed by atoms with Gasteiger partial charge in [-0.05, 0) is 67.0 Å². The van der Waals surface area contributed by atoms with Gasteiger partial charge in [0.2, 0.25) is 0 Å². The van der Waals surface area contributed by atoms with Crippen LogP contribution in [0.3, 0.4) is 0 Å². The number of fused-ring (bicyclic) bond motifs is 1. The van der Waals surface area contributed by atoms with Crippen LogP contribution in [-0.2, 0) is 17.6 Å². The number of hydrogen-bond donors (Lipinski definition) is 1. The Hall–Kier alpha value is -3.07. The largest absolute Gasteiger partial charge is 0.484 e. The molecule has 0 spiro atoms. The highest BCUT2D eigenvalue weighted by atomic mass is 16.5. The number of hydrogen-bond acceptors (Lipinski definition) is 2. The highest BCUT2D eigenvalue weighted by molar-refractivity contribution is 5.78. The second kappa shape index (κ2) is 8.95. The van der Waals surface area contributed by atoms with Crippen LogP contribution in [0.1, 0.15) is 46.7 Å². The molecular weight excluding hydrogens is 358 g/mol. The van der Waals surface area contributed by atoms with Gasteiger partial charge >= 0.3 is 0 Å². The Morgan fingerprint density at radius 2 is 1.66 bits per heavy atom. The number of ether oxygens (including phenoxy) is 1. The lowest BCUT2D eigenvalue weighted by Crippen LogP contribution is -2.33. The zero-order valence-electron chi connectivity index (χ0n) is 16.9. The molecular formula is C26H27NO2. The molecule has 4 rings (SSSR count). The van der Waals surface area contributed by atoms with Crippen LogP contribution in [0.15, 0.2) is 72.8 Å². The maximum Gasteiger partial charge on any atom is 0.258 e. The standard InChI is InChI=1S/C26H27NO2/c1-19-8-7-13-23(16-19)26(21-10-3-2-4-11-21)27-25(28)18-29-24-15-14-20-9-5-6-12-22(20)17-24/h2-4,7-8,10-11,13-17,26H,5-6,9,12,18H2,1H3,(H,27,28)/t26-/m0/s1. The van der Waals surface area contributed by atoms with E-state index in [9.17, 15) is 4.79 Å². The minimum Gasteiger partial charge on any atom is -0.484 e. The summed E-state index contributed by atoms with van der Waals surface area (Å²) < 4.78 is 5.82. The number of nitrogens with one attached hydrogen (secondary N) is 1. The Morgan fingerprint density at radius 1 is 0.897 bits per heavy atom.